The number of ketones is 1. The lowest BCUT2D eigenvalue weighted by atomic mass is 9.85. The van der Waals surface area contributed by atoms with Gasteiger partial charge in [0.25, 0.3) is 17.6 Å². The minimum absolute atomic E-state index is 0.000840. The van der Waals surface area contributed by atoms with Crippen molar-refractivity contribution in [3.8, 4) is 0 Å². The fraction of sp³-hybridized carbons (Fsp3) is 0.781. The van der Waals surface area contributed by atoms with Crippen molar-refractivity contribution < 1.29 is 28.8 Å². The van der Waals surface area contributed by atoms with Gasteiger partial charge in [-0.3, -0.25) is 39.5 Å². The zero-order chi connectivity index (χ0) is 36.6. The molecule has 3 unspecified atom stereocenters. The van der Waals surface area contributed by atoms with Gasteiger partial charge in [-0.05, 0) is 37.6 Å². The monoisotopic (exact) mass is 693 g/mol. The lowest BCUT2D eigenvalue weighted by Crippen LogP contribution is -2.63. The first-order chi connectivity index (χ1) is 23.3. The van der Waals surface area contributed by atoms with E-state index in [4.69, 9.17) is 11.7 Å². The summed E-state index contributed by atoms with van der Waals surface area (Å²) in [6.45, 7) is 9.28. The maximum Gasteiger partial charge on any atom is 0.290 e. The lowest BCUT2D eigenvalue weighted by molar-refractivity contribution is -0.148. The summed E-state index contributed by atoms with van der Waals surface area (Å²) in [5, 5.41) is 15.4. The van der Waals surface area contributed by atoms with Crippen molar-refractivity contribution >= 4 is 41.2 Å². The summed E-state index contributed by atoms with van der Waals surface area (Å²) in [5.41, 5.74) is 4.16. The molecule has 17 heteroatoms. The van der Waals surface area contributed by atoms with E-state index in [1.807, 2.05) is 0 Å². The maximum atomic E-state index is 13.8. The maximum absolute atomic E-state index is 13.8. The molecule has 3 atom stereocenters. The van der Waals surface area contributed by atoms with Gasteiger partial charge in [0, 0.05) is 19.1 Å². The van der Waals surface area contributed by atoms with Crippen LogP contribution in [0.5, 0.6) is 0 Å². The smallest absolute Gasteiger partial charge is 0.290 e. The van der Waals surface area contributed by atoms with Crippen LogP contribution in [0, 0.1) is 5.41 Å². The summed E-state index contributed by atoms with van der Waals surface area (Å²) in [5.74, 6) is 6.75. The van der Waals surface area contributed by atoms with E-state index >= 15 is 0 Å². The van der Waals surface area contributed by atoms with Gasteiger partial charge in [0.1, 0.15) is 24.1 Å². The number of likely N-dealkylation sites (tertiary alicyclic amines) is 1. The molecule has 2 aliphatic carbocycles. The highest BCUT2D eigenvalue weighted by molar-refractivity contribution is 6.38. The van der Waals surface area contributed by atoms with Crippen molar-refractivity contribution in [3.05, 3.63) is 0 Å². The second-order valence-corrected chi connectivity index (χ2v) is 13.7. The van der Waals surface area contributed by atoms with Gasteiger partial charge in [0.2, 0.25) is 17.7 Å². The Bertz CT molecular complexity index is 1160. The number of hydrazine groups is 2. The van der Waals surface area contributed by atoms with Crippen molar-refractivity contribution in [1.29, 1.82) is 0 Å². The average Bonchev–Trinajstić information content (AvgIpc) is 3.76. The third kappa shape index (κ3) is 13.9. The molecule has 3 aliphatic rings. The molecule has 1 heterocycles. The Labute approximate surface area is 289 Å². The molecule has 0 aromatic carbocycles. The van der Waals surface area contributed by atoms with Crippen LogP contribution < -0.4 is 43.8 Å². The van der Waals surface area contributed by atoms with Crippen molar-refractivity contribution in [2.45, 2.75) is 130 Å². The Kier molecular flexibility index (Phi) is 17.4. The second-order valence-electron chi connectivity index (χ2n) is 13.7. The summed E-state index contributed by atoms with van der Waals surface area (Å²) >= 11 is 0. The fourth-order valence-corrected chi connectivity index (χ4v) is 5.61. The predicted molar refractivity (Wildman–Crippen MR) is 185 cm³/mol. The molecule has 5 amide bonds. The Morgan fingerprint density at radius 3 is 2.02 bits per heavy atom. The number of nitrogens with zero attached hydrogens (tertiary/aromatic N) is 3. The van der Waals surface area contributed by atoms with E-state index in [1.165, 1.54) is 48.4 Å². The van der Waals surface area contributed by atoms with E-state index in [9.17, 15) is 28.8 Å². The first-order valence-corrected chi connectivity index (χ1v) is 17.5. The molecule has 1 saturated heterocycles. The fourth-order valence-electron chi connectivity index (χ4n) is 5.61. The van der Waals surface area contributed by atoms with Crippen LogP contribution in [0.4, 0.5) is 0 Å². The van der Waals surface area contributed by atoms with Crippen molar-refractivity contribution in [2.75, 3.05) is 26.2 Å². The third-order valence-electron chi connectivity index (χ3n) is 8.54. The van der Waals surface area contributed by atoms with Crippen LogP contribution in [0.2, 0.25) is 0 Å². The highest BCUT2D eigenvalue weighted by Crippen LogP contribution is 2.26. The number of carbonyl (C=O) groups excluding carboxylic acids is 6. The number of nitrogens with two attached hydrogens (primary N) is 2. The SMILES string of the molecule is C1CCCCC1.CCNC(C(=O)C(=O)NC1CC1)N(CC)NC(=O)C1CCCN1C(=O)C(NC(=O)CNC(=O)C/C(=N/N)NN)C(C)(C)C. The van der Waals surface area contributed by atoms with Crippen LogP contribution >= 0.6 is 0 Å². The van der Waals surface area contributed by atoms with Gasteiger partial charge in [-0.15, -0.1) is 0 Å². The third-order valence-corrected chi connectivity index (χ3v) is 8.54. The minimum atomic E-state index is -1.09. The Morgan fingerprint density at radius 2 is 1.53 bits per heavy atom. The number of Topliss-reactive ketones (excluding diaryl/α,β-unsaturated/α-hetero) is 1. The van der Waals surface area contributed by atoms with Crippen LogP contribution in [0.3, 0.4) is 0 Å². The van der Waals surface area contributed by atoms with E-state index < -0.39 is 65.5 Å². The van der Waals surface area contributed by atoms with E-state index in [0.717, 1.165) is 12.8 Å². The molecule has 10 N–H and O–H groups in total. The summed E-state index contributed by atoms with van der Waals surface area (Å²) in [4.78, 5) is 78.8. The molecule has 3 rings (SSSR count). The Morgan fingerprint density at radius 1 is 0.918 bits per heavy atom. The quantitative estimate of drug-likeness (QED) is 0.0264. The van der Waals surface area contributed by atoms with Crippen LogP contribution in [0.15, 0.2) is 5.10 Å². The van der Waals surface area contributed by atoms with Crippen LogP contribution in [-0.4, -0.2) is 102 Å². The summed E-state index contributed by atoms with van der Waals surface area (Å²) < 4.78 is 0. The van der Waals surface area contributed by atoms with Crippen molar-refractivity contribution in [2.24, 2.45) is 22.2 Å². The molecular weight excluding hydrogens is 634 g/mol. The molecule has 0 aromatic rings. The van der Waals surface area contributed by atoms with Crippen LogP contribution in [0.25, 0.3) is 0 Å². The van der Waals surface area contributed by atoms with E-state index in [0.29, 0.717) is 19.4 Å². The Balaban J connectivity index is 0.00000125. The predicted octanol–water partition coefficient (Wildman–Crippen LogP) is -0.773. The average molecular weight is 694 g/mol. The normalized spacial score (nSPS) is 19.1. The molecule has 49 heavy (non-hydrogen) atoms. The minimum Gasteiger partial charge on any atom is -0.347 e. The van der Waals surface area contributed by atoms with Gasteiger partial charge < -0.3 is 32.1 Å². The molecule has 17 nitrogen and oxygen atoms in total. The number of hydrazone groups is 1. The number of hydrogen-bond acceptors (Lipinski definition) is 11. The first kappa shape index (κ1) is 41.3. The van der Waals surface area contributed by atoms with Crippen LogP contribution in [0.1, 0.15) is 105 Å². The highest BCUT2D eigenvalue weighted by atomic mass is 16.2. The molecular formula is C32H59N11O6. The molecule has 3 fully saturated rings. The van der Waals surface area contributed by atoms with Gasteiger partial charge in [-0.25, -0.2) is 5.84 Å². The van der Waals surface area contributed by atoms with E-state index in [1.54, 1.807) is 34.6 Å². The number of rotatable bonds is 15. The number of nitrogens with one attached hydrogen (secondary N) is 6. The number of amidine groups is 1. The topological polar surface area (TPSA) is 245 Å². The van der Waals surface area contributed by atoms with Gasteiger partial charge in [0.05, 0.1) is 13.0 Å². The van der Waals surface area contributed by atoms with E-state index in [2.05, 4.69) is 37.2 Å². The second kappa shape index (κ2) is 20.6. The van der Waals surface area contributed by atoms with E-state index in [-0.39, 0.29) is 31.4 Å². The first-order valence-electron chi connectivity index (χ1n) is 17.5. The zero-order valence-electron chi connectivity index (χ0n) is 29.9. The molecule has 0 bridgehead atoms. The Hall–Kier alpha value is -3.83. The van der Waals surface area contributed by atoms with Gasteiger partial charge in [-0.1, -0.05) is 73.1 Å². The summed E-state index contributed by atoms with van der Waals surface area (Å²) in [7, 11) is 0. The zero-order valence-corrected chi connectivity index (χ0v) is 29.9. The molecule has 1 aliphatic heterocycles. The molecule has 0 aromatic heterocycles. The van der Waals surface area contributed by atoms with Gasteiger partial charge in [-0.2, -0.15) is 10.1 Å². The number of likely N-dealkylation sites (N-methyl/N-ethyl adjacent to an activating group) is 2. The standard InChI is InChI=1S/C26H47N11O6.C6H12/c1-6-29-22(20(40)24(42)31-15-10-11-15)37(7-2)35-23(41)16-9-8-12-36(16)25(43)21(26(3,4)5)32-19(39)14-30-18(38)13-17(33-27)34-28;1-2-4-6-5-3-1/h15-16,21-22,29H,6-14,27-28H2,1-5H3,(H,30,38)(H,31,42)(H,32,39)(H,33,34)(H,35,41);1-6H2. The molecule has 278 valence electrons. The molecule has 2 saturated carbocycles. The summed E-state index contributed by atoms with van der Waals surface area (Å²) in [6.07, 6.45) is 10.2. The molecule has 0 spiro atoms. The van der Waals surface area contributed by atoms with Crippen LogP contribution in [-0.2, 0) is 28.8 Å². The highest BCUT2D eigenvalue weighted by Gasteiger charge is 2.43. The van der Waals surface area contributed by atoms with Gasteiger partial charge in [0.15, 0.2) is 0 Å². The van der Waals surface area contributed by atoms with Crippen molar-refractivity contribution in [3.63, 3.8) is 0 Å². The number of amides is 5. The largest absolute Gasteiger partial charge is 0.347 e. The van der Waals surface area contributed by atoms with Gasteiger partial charge >= 0.3 is 0 Å². The summed E-state index contributed by atoms with van der Waals surface area (Å²) in [6, 6.07) is -1.87. The molecule has 0 radical (unpaired) electrons. The number of carbonyl (C=O) groups is 6. The number of hydrogen-bond donors (Lipinski definition) is 8. The van der Waals surface area contributed by atoms with Crippen molar-refractivity contribution in [1.82, 2.24) is 42.0 Å². The lowest BCUT2D eigenvalue weighted by Gasteiger charge is -2.36.